The van der Waals surface area contributed by atoms with E-state index in [4.69, 9.17) is 4.42 Å². The lowest BCUT2D eigenvalue weighted by molar-refractivity contribution is -0.138. The van der Waals surface area contributed by atoms with Gasteiger partial charge < -0.3 is 19.3 Å². The molecule has 1 aliphatic rings. The summed E-state index contributed by atoms with van der Waals surface area (Å²) >= 11 is 0. The highest BCUT2D eigenvalue weighted by molar-refractivity contribution is 5.90. The van der Waals surface area contributed by atoms with E-state index in [1.54, 1.807) is 46.4 Å². The molecule has 1 aliphatic heterocycles. The summed E-state index contributed by atoms with van der Waals surface area (Å²) in [5.41, 5.74) is 1.57. The van der Waals surface area contributed by atoms with Gasteiger partial charge in [-0.2, -0.15) is 5.10 Å². The lowest BCUT2D eigenvalue weighted by Gasteiger charge is -2.32. The molecule has 0 radical (unpaired) electrons. The number of hydrogen-bond donors (Lipinski definition) is 1. The molecule has 1 saturated heterocycles. The number of amides is 1. The summed E-state index contributed by atoms with van der Waals surface area (Å²) in [6.07, 6.45) is 7.48. The fourth-order valence-electron chi connectivity index (χ4n) is 3.36. The van der Waals surface area contributed by atoms with E-state index in [1.165, 1.54) is 0 Å². The number of aryl methyl sites for hydroxylation is 1. The Labute approximate surface area is 145 Å². The first kappa shape index (κ1) is 17.1. The molecule has 1 N–H and O–H groups in total. The standard InChI is InChI=1S/C17H22N4O4/c1-3-20(9-12-6-7-25-11-12)16(22)14-4-5-15(17(23)24)21(14)13-8-18-19(2)10-13/h6-8,10-11,14-15H,3-5,9H2,1-2H3,(H,23,24). The molecule has 1 fully saturated rings. The zero-order valence-corrected chi connectivity index (χ0v) is 14.3. The summed E-state index contributed by atoms with van der Waals surface area (Å²) in [6.45, 7) is 2.90. The van der Waals surface area contributed by atoms with Crippen molar-refractivity contribution >= 4 is 17.6 Å². The Balaban J connectivity index is 1.85. The van der Waals surface area contributed by atoms with Crippen LogP contribution in [0.5, 0.6) is 0 Å². The fourth-order valence-corrected chi connectivity index (χ4v) is 3.36. The van der Waals surface area contributed by atoms with E-state index < -0.39 is 18.1 Å². The number of carboxylic acids is 1. The van der Waals surface area contributed by atoms with Gasteiger partial charge in [0.05, 0.1) is 24.4 Å². The number of carboxylic acid groups (broad SMARTS) is 1. The first-order chi connectivity index (χ1) is 12.0. The molecule has 0 bridgehead atoms. The van der Waals surface area contributed by atoms with Gasteiger partial charge in [-0.15, -0.1) is 0 Å². The second kappa shape index (κ2) is 7.00. The highest BCUT2D eigenvalue weighted by atomic mass is 16.4. The molecule has 2 aromatic heterocycles. The fraction of sp³-hybridized carbons (Fsp3) is 0.471. The van der Waals surface area contributed by atoms with Crippen molar-refractivity contribution in [3.05, 3.63) is 36.5 Å². The average molecular weight is 346 g/mol. The molecule has 8 nitrogen and oxygen atoms in total. The third-order valence-corrected chi connectivity index (χ3v) is 4.59. The maximum Gasteiger partial charge on any atom is 0.326 e. The normalized spacial score (nSPS) is 20.0. The highest BCUT2D eigenvalue weighted by Crippen LogP contribution is 2.31. The third kappa shape index (κ3) is 3.38. The number of rotatable bonds is 6. The Morgan fingerprint density at radius 1 is 1.40 bits per heavy atom. The molecule has 0 aliphatic carbocycles. The smallest absolute Gasteiger partial charge is 0.326 e. The molecule has 2 atom stereocenters. The Kier molecular flexibility index (Phi) is 4.78. The van der Waals surface area contributed by atoms with Crippen molar-refractivity contribution in [1.29, 1.82) is 0 Å². The summed E-state index contributed by atoms with van der Waals surface area (Å²) in [5, 5.41) is 13.7. The van der Waals surface area contributed by atoms with Gasteiger partial charge in [0, 0.05) is 31.9 Å². The summed E-state index contributed by atoms with van der Waals surface area (Å²) in [7, 11) is 1.77. The van der Waals surface area contributed by atoms with Gasteiger partial charge in [-0.3, -0.25) is 9.48 Å². The van der Waals surface area contributed by atoms with Gasteiger partial charge in [0.15, 0.2) is 0 Å². The van der Waals surface area contributed by atoms with E-state index in [0.29, 0.717) is 31.6 Å². The van der Waals surface area contributed by atoms with E-state index in [9.17, 15) is 14.7 Å². The highest BCUT2D eigenvalue weighted by Gasteiger charge is 2.43. The second-order valence-corrected chi connectivity index (χ2v) is 6.21. The van der Waals surface area contributed by atoms with Crippen LogP contribution in [0.1, 0.15) is 25.3 Å². The Morgan fingerprint density at radius 3 is 2.72 bits per heavy atom. The first-order valence-corrected chi connectivity index (χ1v) is 8.31. The van der Waals surface area contributed by atoms with Crippen molar-refractivity contribution in [1.82, 2.24) is 14.7 Å². The molecule has 134 valence electrons. The number of likely N-dealkylation sites (N-methyl/N-ethyl adjacent to an activating group) is 1. The molecule has 0 saturated carbocycles. The molecule has 3 heterocycles. The van der Waals surface area contributed by atoms with Gasteiger partial charge in [-0.25, -0.2) is 4.79 Å². The number of carbonyl (C=O) groups is 2. The molecule has 0 aromatic carbocycles. The van der Waals surface area contributed by atoms with Crippen LogP contribution in [0.2, 0.25) is 0 Å². The van der Waals surface area contributed by atoms with Crippen LogP contribution in [0.4, 0.5) is 5.69 Å². The van der Waals surface area contributed by atoms with Crippen LogP contribution in [0.15, 0.2) is 35.4 Å². The maximum atomic E-state index is 13.1. The lowest BCUT2D eigenvalue weighted by atomic mass is 10.1. The van der Waals surface area contributed by atoms with Crippen molar-refractivity contribution < 1.29 is 19.1 Å². The minimum absolute atomic E-state index is 0.0729. The van der Waals surface area contributed by atoms with Gasteiger partial charge in [-0.1, -0.05) is 0 Å². The Bertz CT molecular complexity index is 740. The zero-order valence-electron chi connectivity index (χ0n) is 14.3. The molecule has 2 aromatic rings. The van der Waals surface area contributed by atoms with E-state index in [0.717, 1.165) is 5.56 Å². The van der Waals surface area contributed by atoms with Crippen molar-refractivity contribution in [3.8, 4) is 0 Å². The molecular weight excluding hydrogens is 324 g/mol. The number of aliphatic carboxylic acids is 1. The number of hydrogen-bond acceptors (Lipinski definition) is 5. The van der Waals surface area contributed by atoms with E-state index in [1.807, 2.05) is 13.0 Å². The quantitative estimate of drug-likeness (QED) is 0.852. The third-order valence-electron chi connectivity index (χ3n) is 4.59. The largest absolute Gasteiger partial charge is 0.480 e. The molecule has 8 heteroatoms. The van der Waals surface area contributed by atoms with Crippen molar-refractivity contribution in [3.63, 3.8) is 0 Å². The minimum atomic E-state index is -0.919. The van der Waals surface area contributed by atoms with Crippen LogP contribution in [0.3, 0.4) is 0 Å². The monoisotopic (exact) mass is 346 g/mol. The van der Waals surface area contributed by atoms with Crippen LogP contribution < -0.4 is 4.90 Å². The van der Waals surface area contributed by atoms with Crippen LogP contribution >= 0.6 is 0 Å². The molecule has 1 amide bonds. The predicted octanol–water partition coefficient (Wildman–Crippen LogP) is 1.48. The number of aromatic nitrogens is 2. The predicted molar refractivity (Wildman–Crippen MR) is 89.9 cm³/mol. The van der Waals surface area contributed by atoms with E-state index in [-0.39, 0.29) is 5.91 Å². The summed E-state index contributed by atoms with van der Waals surface area (Å²) < 4.78 is 6.68. The maximum absolute atomic E-state index is 13.1. The van der Waals surface area contributed by atoms with Crippen molar-refractivity contribution in [2.24, 2.45) is 7.05 Å². The number of anilines is 1. The van der Waals surface area contributed by atoms with Gasteiger partial charge in [0.2, 0.25) is 5.91 Å². The van der Waals surface area contributed by atoms with Crippen LogP contribution in [-0.2, 0) is 23.2 Å². The van der Waals surface area contributed by atoms with E-state index in [2.05, 4.69) is 5.10 Å². The van der Waals surface area contributed by atoms with Crippen molar-refractivity contribution in [2.75, 3.05) is 11.4 Å². The van der Waals surface area contributed by atoms with Gasteiger partial charge in [0.1, 0.15) is 12.1 Å². The summed E-state index contributed by atoms with van der Waals surface area (Å²) in [4.78, 5) is 28.2. The second-order valence-electron chi connectivity index (χ2n) is 6.21. The zero-order chi connectivity index (χ0) is 18.0. The van der Waals surface area contributed by atoms with Crippen LogP contribution in [0, 0.1) is 0 Å². The first-order valence-electron chi connectivity index (χ1n) is 8.31. The molecule has 2 unspecified atom stereocenters. The molecule has 0 spiro atoms. The van der Waals surface area contributed by atoms with Crippen LogP contribution in [0.25, 0.3) is 0 Å². The summed E-state index contributed by atoms with van der Waals surface area (Å²) in [6, 6.07) is 0.603. The van der Waals surface area contributed by atoms with Gasteiger partial charge in [0.25, 0.3) is 0 Å². The van der Waals surface area contributed by atoms with Gasteiger partial charge in [-0.05, 0) is 25.8 Å². The Hall–Kier alpha value is -2.77. The number of nitrogens with zero attached hydrogens (tertiary/aromatic N) is 4. The number of carbonyl (C=O) groups excluding carboxylic acids is 1. The topological polar surface area (TPSA) is 91.8 Å². The minimum Gasteiger partial charge on any atom is -0.480 e. The van der Waals surface area contributed by atoms with E-state index >= 15 is 0 Å². The van der Waals surface area contributed by atoms with Crippen molar-refractivity contribution in [2.45, 2.75) is 38.4 Å². The summed E-state index contributed by atoms with van der Waals surface area (Å²) in [5.74, 6) is -0.992. The lowest BCUT2D eigenvalue weighted by Crippen LogP contribution is -2.49. The Morgan fingerprint density at radius 2 is 2.16 bits per heavy atom. The molecular formula is C17H22N4O4. The molecule has 3 rings (SSSR count). The SMILES string of the molecule is CCN(Cc1ccoc1)C(=O)C1CCC(C(=O)O)N1c1cnn(C)c1. The average Bonchev–Trinajstić information content (AvgIpc) is 3.31. The molecule has 25 heavy (non-hydrogen) atoms. The number of furan rings is 1. The van der Waals surface area contributed by atoms with Crippen LogP contribution in [-0.4, -0.2) is 50.3 Å². The van der Waals surface area contributed by atoms with Gasteiger partial charge >= 0.3 is 5.97 Å².